The van der Waals surface area contributed by atoms with Crippen LogP contribution >= 0.6 is 11.3 Å². The maximum Gasteiger partial charge on any atom is 0.262 e. The molecule has 128 valence electrons. The number of rotatable bonds is 4. The lowest BCUT2D eigenvalue weighted by molar-refractivity contribution is 0.0970. The number of hydrogen-bond acceptors (Lipinski definition) is 4. The molecule has 0 saturated carbocycles. The Morgan fingerprint density at radius 2 is 1.81 bits per heavy atom. The van der Waals surface area contributed by atoms with Gasteiger partial charge in [-0.05, 0) is 18.6 Å². The van der Waals surface area contributed by atoms with Gasteiger partial charge in [0, 0.05) is 10.4 Å². The number of ketones is 1. The second-order valence-electron chi connectivity index (χ2n) is 6.16. The van der Waals surface area contributed by atoms with E-state index < -0.39 is 0 Å². The summed E-state index contributed by atoms with van der Waals surface area (Å²) in [7, 11) is 0. The molecule has 4 nitrogen and oxygen atoms in total. The molecular formula is C21H16N2O2S. The summed E-state index contributed by atoms with van der Waals surface area (Å²) in [6.45, 7) is 1.96. The van der Waals surface area contributed by atoms with Gasteiger partial charge in [0.05, 0.1) is 18.3 Å². The summed E-state index contributed by atoms with van der Waals surface area (Å²) in [5.41, 5.74) is 2.55. The number of nitrogens with zero attached hydrogens (tertiary/aromatic N) is 2. The zero-order chi connectivity index (χ0) is 18.1. The topological polar surface area (TPSA) is 52.0 Å². The third-order valence-electron chi connectivity index (χ3n) is 4.26. The number of Topliss-reactive ketones (excluding diaryl/α,β-unsaturated/α-hetero) is 1. The van der Waals surface area contributed by atoms with Crippen molar-refractivity contribution in [2.75, 3.05) is 0 Å². The summed E-state index contributed by atoms with van der Waals surface area (Å²) >= 11 is 1.48. The molecule has 0 aliphatic rings. The monoisotopic (exact) mass is 360 g/mol. The normalized spacial score (nSPS) is 11.0. The average Bonchev–Trinajstić information content (AvgIpc) is 3.10. The predicted octanol–water partition coefficient (Wildman–Crippen LogP) is 4.32. The zero-order valence-electron chi connectivity index (χ0n) is 14.2. The molecule has 0 unspecified atom stereocenters. The molecule has 2 aromatic carbocycles. The molecule has 0 atom stereocenters. The lowest BCUT2D eigenvalue weighted by atomic mass is 10.1. The Morgan fingerprint density at radius 1 is 1.08 bits per heavy atom. The molecule has 0 spiro atoms. The SMILES string of the molecule is Cc1ccc(C(=O)Cn2cnc3sc(-c4ccccc4)cc3c2=O)cc1. The van der Waals surface area contributed by atoms with Gasteiger partial charge >= 0.3 is 0 Å². The van der Waals surface area contributed by atoms with Crippen LogP contribution in [0.3, 0.4) is 0 Å². The van der Waals surface area contributed by atoms with Crippen molar-refractivity contribution in [1.29, 1.82) is 0 Å². The predicted molar refractivity (Wildman–Crippen MR) is 105 cm³/mol. The van der Waals surface area contributed by atoms with Crippen LogP contribution in [0.5, 0.6) is 0 Å². The quantitative estimate of drug-likeness (QED) is 0.509. The summed E-state index contributed by atoms with van der Waals surface area (Å²) < 4.78 is 1.38. The van der Waals surface area contributed by atoms with Crippen LogP contribution in [-0.4, -0.2) is 15.3 Å². The van der Waals surface area contributed by atoms with Gasteiger partial charge < -0.3 is 0 Å². The van der Waals surface area contributed by atoms with Crippen LogP contribution in [0.2, 0.25) is 0 Å². The van der Waals surface area contributed by atoms with Crippen molar-refractivity contribution in [3.63, 3.8) is 0 Å². The van der Waals surface area contributed by atoms with E-state index in [-0.39, 0.29) is 17.9 Å². The van der Waals surface area contributed by atoms with E-state index in [1.54, 1.807) is 12.1 Å². The van der Waals surface area contributed by atoms with Gasteiger partial charge in [0.2, 0.25) is 0 Å². The van der Waals surface area contributed by atoms with Crippen LogP contribution in [0.25, 0.3) is 20.7 Å². The van der Waals surface area contributed by atoms with Gasteiger partial charge in [-0.15, -0.1) is 11.3 Å². The van der Waals surface area contributed by atoms with Gasteiger partial charge in [-0.25, -0.2) is 4.98 Å². The number of aryl methyl sites for hydroxylation is 1. The molecule has 0 bridgehead atoms. The van der Waals surface area contributed by atoms with E-state index in [0.29, 0.717) is 15.8 Å². The number of carbonyl (C=O) groups excluding carboxylic acids is 1. The molecule has 0 radical (unpaired) electrons. The Kier molecular flexibility index (Phi) is 4.22. The highest BCUT2D eigenvalue weighted by Crippen LogP contribution is 2.30. The third kappa shape index (κ3) is 3.09. The molecule has 5 heteroatoms. The number of benzene rings is 2. The Morgan fingerprint density at radius 3 is 2.54 bits per heavy atom. The van der Waals surface area contributed by atoms with Gasteiger partial charge in [0.15, 0.2) is 5.78 Å². The van der Waals surface area contributed by atoms with Crippen molar-refractivity contribution < 1.29 is 4.79 Å². The van der Waals surface area contributed by atoms with Crippen molar-refractivity contribution in [3.05, 3.63) is 88.5 Å². The van der Waals surface area contributed by atoms with Crippen molar-refractivity contribution >= 4 is 27.3 Å². The number of fused-ring (bicyclic) bond motifs is 1. The van der Waals surface area contributed by atoms with Crippen LogP contribution in [0, 0.1) is 6.92 Å². The summed E-state index contributed by atoms with van der Waals surface area (Å²) in [6.07, 6.45) is 1.46. The highest BCUT2D eigenvalue weighted by atomic mass is 32.1. The first-order valence-corrected chi connectivity index (χ1v) is 9.08. The Balaban J connectivity index is 1.68. The van der Waals surface area contributed by atoms with E-state index in [1.807, 2.05) is 55.5 Å². The summed E-state index contributed by atoms with van der Waals surface area (Å²) in [5, 5.41) is 0.549. The van der Waals surface area contributed by atoms with Crippen LogP contribution in [0.15, 0.2) is 71.8 Å². The molecule has 0 amide bonds. The van der Waals surface area contributed by atoms with Gasteiger partial charge in [0.1, 0.15) is 4.83 Å². The van der Waals surface area contributed by atoms with E-state index >= 15 is 0 Å². The smallest absolute Gasteiger partial charge is 0.262 e. The van der Waals surface area contributed by atoms with E-state index in [1.165, 1.54) is 22.2 Å². The second-order valence-corrected chi connectivity index (χ2v) is 7.19. The molecule has 0 aliphatic carbocycles. The lowest BCUT2D eigenvalue weighted by Gasteiger charge is -2.05. The van der Waals surface area contributed by atoms with E-state index in [4.69, 9.17) is 0 Å². The average molecular weight is 360 g/mol. The number of aromatic nitrogens is 2. The first kappa shape index (κ1) is 16.4. The van der Waals surface area contributed by atoms with Crippen molar-refractivity contribution in [1.82, 2.24) is 9.55 Å². The van der Waals surface area contributed by atoms with Crippen molar-refractivity contribution in [2.45, 2.75) is 13.5 Å². The minimum absolute atomic E-state index is 0.0125. The fraction of sp³-hybridized carbons (Fsp3) is 0.0952. The lowest BCUT2D eigenvalue weighted by Crippen LogP contribution is -2.24. The largest absolute Gasteiger partial charge is 0.292 e. The molecule has 0 aliphatic heterocycles. The highest BCUT2D eigenvalue weighted by molar-refractivity contribution is 7.21. The second kappa shape index (κ2) is 6.69. The Labute approximate surface area is 154 Å². The third-order valence-corrected chi connectivity index (χ3v) is 5.36. The van der Waals surface area contributed by atoms with Crippen molar-refractivity contribution in [2.24, 2.45) is 0 Å². The first-order valence-electron chi connectivity index (χ1n) is 8.26. The van der Waals surface area contributed by atoms with Crippen LogP contribution < -0.4 is 5.56 Å². The van der Waals surface area contributed by atoms with Crippen molar-refractivity contribution in [3.8, 4) is 10.4 Å². The maximum atomic E-state index is 12.8. The Bertz CT molecular complexity index is 1140. The van der Waals surface area contributed by atoms with Gasteiger partial charge in [-0.3, -0.25) is 14.2 Å². The summed E-state index contributed by atoms with van der Waals surface area (Å²) in [6, 6.07) is 19.1. The van der Waals surface area contributed by atoms with Crippen LogP contribution in [0.1, 0.15) is 15.9 Å². The molecule has 26 heavy (non-hydrogen) atoms. The molecule has 4 rings (SSSR count). The van der Waals surface area contributed by atoms with Crippen LogP contribution in [0.4, 0.5) is 0 Å². The van der Waals surface area contributed by atoms with E-state index in [2.05, 4.69) is 4.98 Å². The van der Waals surface area contributed by atoms with Gasteiger partial charge in [0.25, 0.3) is 5.56 Å². The molecule has 2 heterocycles. The maximum absolute atomic E-state index is 12.8. The number of carbonyl (C=O) groups is 1. The summed E-state index contributed by atoms with van der Waals surface area (Å²) in [5.74, 6) is -0.105. The molecule has 0 saturated heterocycles. The fourth-order valence-electron chi connectivity index (χ4n) is 2.80. The molecule has 4 aromatic rings. The standard InChI is InChI=1S/C21H16N2O2S/c1-14-7-9-15(10-8-14)18(24)12-23-13-22-20-17(21(23)25)11-19(26-20)16-5-3-2-4-6-16/h2-11,13H,12H2,1H3. The zero-order valence-corrected chi connectivity index (χ0v) is 15.0. The first-order chi connectivity index (χ1) is 12.6. The molecule has 0 fully saturated rings. The van der Waals surface area contributed by atoms with Gasteiger partial charge in [-0.1, -0.05) is 60.2 Å². The van der Waals surface area contributed by atoms with Crippen LogP contribution in [-0.2, 0) is 6.54 Å². The fourth-order valence-corrected chi connectivity index (χ4v) is 3.80. The van der Waals surface area contributed by atoms with E-state index in [0.717, 1.165) is 16.0 Å². The Hall–Kier alpha value is -3.05. The summed E-state index contributed by atoms with van der Waals surface area (Å²) in [4.78, 5) is 31.3. The van der Waals surface area contributed by atoms with E-state index in [9.17, 15) is 9.59 Å². The minimum Gasteiger partial charge on any atom is -0.292 e. The van der Waals surface area contributed by atoms with Gasteiger partial charge in [-0.2, -0.15) is 0 Å². The minimum atomic E-state index is -0.186. The molecular weight excluding hydrogens is 344 g/mol. The highest BCUT2D eigenvalue weighted by Gasteiger charge is 2.13. The molecule has 0 N–H and O–H groups in total. The number of hydrogen-bond donors (Lipinski definition) is 0. The number of thiophene rings is 1. The molecule has 2 aromatic heterocycles.